The van der Waals surface area contributed by atoms with Crippen molar-refractivity contribution in [1.29, 1.82) is 0 Å². The Bertz CT molecular complexity index is 1930. The number of likely N-dealkylation sites (N-methyl/N-ethyl adjacent to an activating group) is 1. The van der Waals surface area contributed by atoms with E-state index in [9.17, 15) is 22.8 Å². The third-order valence-corrected chi connectivity index (χ3v) is 8.39. The number of benzene rings is 2. The number of carbonyl (C=O) groups excluding carboxylic acids is 1. The van der Waals surface area contributed by atoms with Gasteiger partial charge in [0.15, 0.2) is 4.80 Å². The summed E-state index contributed by atoms with van der Waals surface area (Å²) in [5.74, 6) is 1.22. The van der Waals surface area contributed by atoms with Crippen molar-refractivity contribution < 1.29 is 31.9 Å². The Labute approximate surface area is 255 Å². The highest BCUT2D eigenvalue weighted by Gasteiger charge is 2.36. The van der Waals surface area contributed by atoms with Gasteiger partial charge in [0.1, 0.15) is 29.1 Å². The van der Waals surface area contributed by atoms with Crippen molar-refractivity contribution in [2.75, 3.05) is 27.3 Å². The molecule has 4 aromatic rings. The molecule has 1 atom stereocenters. The van der Waals surface area contributed by atoms with Gasteiger partial charge >= 0.3 is 6.18 Å². The van der Waals surface area contributed by atoms with Gasteiger partial charge in [-0.1, -0.05) is 23.5 Å². The minimum Gasteiger partial charge on any atom is -0.497 e. The van der Waals surface area contributed by atoms with Crippen molar-refractivity contribution in [2.24, 2.45) is 4.99 Å². The molecular formula is C32H30F3N3O5S. The smallest absolute Gasteiger partial charge is 0.416 e. The number of nitrogens with zero attached hydrogens (tertiary/aromatic N) is 3. The molecule has 1 aliphatic heterocycles. The number of furan rings is 1. The van der Waals surface area contributed by atoms with Crippen LogP contribution in [0, 0.1) is 0 Å². The molecule has 0 spiro atoms. The zero-order valence-electron chi connectivity index (χ0n) is 24.7. The van der Waals surface area contributed by atoms with Crippen LogP contribution in [0.25, 0.3) is 17.4 Å². The summed E-state index contributed by atoms with van der Waals surface area (Å²) in [6.07, 6.45) is -2.97. The Hall–Kier alpha value is -4.58. The topological polar surface area (TPSA) is 86.3 Å². The average Bonchev–Trinajstić information content (AvgIpc) is 3.60. The van der Waals surface area contributed by atoms with E-state index in [1.54, 1.807) is 42.2 Å². The lowest BCUT2D eigenvalue weighted by Crippen LogP contribution is -2.43. The number of halogens is 3. The third kappa shape index (κ3) is 5.69. The van der Waals surface area contributed by atoms with E-state index in [0.717, 1.165) is 23.5 Å². The first kappa shape index (κ1) is 30.9. The van der Waals surface area contributed by atoms with Gasteiger partial charge in [-0.05, 0) is 63.2 Å². The molecule has 1 aliphatic rings. The first-order chi connectivity index (χ1) is 21.0. The van der Waals surface area contributed by atoms with Crippen LogP contribution in [0.15, 0.2) is 80.1 Å². The minimum absolute atomic E-state index is 0.220. The normalized spacial score (nSPS) is 15.2. The van der Waals surface area contributed by atoms with Crippen LogP contribution in [0.5, 0.6) is 11.5 Å². The molecule has 0 aliphatic carbocycles. The zero-order valence-corrected chi connectivity index (χ0v) is 25.5. The summed E-state index contributed by atoms with van der Waals surface area (Å²) in [6.45, 7) is 6.42. The number of rotatable bonds is 8. The van der Waals surface area contributed by atoms with Crippen LogP contribution >= 0.6 is 11.3 Å². The number of thiazole rings is 1. The second-order valence-electron chi connectivity index (χ2n) is 9.95. The first-order valence-electron chi connectivity index (χ1n) is 13.8. The van der Waals surface area contributed by atoms with Crippen molar-refractivity contribution in [3.63, 3.8) is 0 Å². The number of methoxy groups -OCH3 is 2. The van der Waals surface area contributed by atoms with E-state index in [1.807, 2.05) is 13.8 Å². The molecule has 230 valence electrons. The molecule has 8 nitrogen and oxygen atoms in total. The van der Waals surface area contributed by atoms with Crippen molar-refractivity contribution in [3.05, 3.63) is 102 Å². The Balaban J connectivity index is 1.67. The number of carbonyl (C=O) groups is 1. The van der Waals surface area contributed by atoms with Gasteiger partial charge in [0, 0.05) is 30.3 Å². The highest BCUT2D eigenvalue weighted by atomic mass is 32.1. The highest BCUT2D eigenvalue weighted by Crippen LogP contribution is 2.38. The number of amides is 1. The van der Waals surface area contributed by atoms with E-state index in [4.69, 9.17) is 13.9 Å². The van der Waals surface area contributed by atoms with Crippen molar-refractivity contribution in [3.8, 4) is 22.8 Å². The van der Waals surface area contributed by atoms with Gasteiger partial charge in [-0.25, -0.2) is 4.99 Å². The molecule has 44 heavy (non-hydrogen) atoms. The number of alkyl halides is 3. The number of ether oxygens (including phenoxy) is 2. The molecule has 2 aromatic heterocycles. The number of allylic oxidation sites excluding steroid dienone is 1. The van der Waals surface area contributed by atoms with Crippen LogP contribution < -0.4 is 24.4 Å². The fraction of sp³-hybridized carbons (Fsp3) is 0.281. The molecule has 2 aromatic carbocycles. The molecule has 0 unspecified atom stereocenters. The predicted molar refractivity (Wildman–Crippen MR) is 160 cm³/mol. The van der Waals surface area contributed by atoms with Gasteiger partial charge in [-0.2, -0.15) is 13.2 Å². The van der Waals surface area contributed by atoms with Crippen LogP contribution in [0.4, 0.5) is 13.2 Å². The van der Waals surface area contributed by atoms with Gasteiger partial charge in [0.05, 0.1) is 35.6 Å². The third-order valence-electron chi connectivity index (χ3n) is 7.41. The van der Waals surface area contributed by atoms with Crippen LogP contribution in [0.1, 0.15) is 43.7 Å². The maximum Gasteiger partial charge on any atom is 0.416 e. The van der Waals surface area contributed by atoms with Gasteiger partial charge < -0.3 is 18.8 Å². The second-order valence-corrected chi connectivity index (χ2v) is 11.0. The Morgan fingerprint density at radius 2 is 1.84 bits per heavy atom. The molecule has 3 heterocycles. The van der Waals surface area contributed by atoms with E-state index in [0.29, 0.717) is 46.2 Å². The number of hydrogen-bond acceptors (Lipinski definition) is 7. The molecule has 0 fully saturated rings. The lowest BCUT2D eigenvalue weighted by Gasteiger charge is -2.30. The molecular weight excluding hydrogens is 595 g/mol. The lowest BCUT2D eigenvalue weighted by molar-refractivity contribution is -0.137. The highest BCUT2D eigenvalue weighted by molar-refractivity contribution is 7.07. The molecule has 0 radical (unpaired) electrons. The molecule has 0 saturated carbocycles. The second kappa shape index (κ2) is 12.2. The fourth-order valence-electron chi connectivity index (χ4n) is 5.19. The minimum atomic E-state index is -4.49. The Morgan fingerprint density at radius 3 is 2.50 bits per heavy atom. The van der Waals surface area contributed by atoms with Crippen LogP contribution in [0.2, 0.25) is 0 Å². The van der Waals surface area contributed by atoms with Gasteiger partial charge in [0.25, 0.3) is 11.5 Å². The van der Waals surface area contributed by atoms with Crippen molar-refractivity contribution >= 4 is 23.3 Å². The fourth-order valence-corrected chi connectivity index (χ4v) is 6.21. The summed E-state index contributed by atoms with van der Waals surface area (Å²) in [4.78, 5) is 34.7. The van der Waals surface area contributed by atoms with E-state index in [1.165, 1.54) is 37.0 Å². The lowest BCUT2D eigenvalue weighted by atomic mass is 9.93. The van der Waals surface area contributed by atoms with Crippen LogP contribution in [0.3, 0.4) is 0 Å². The zero-order chi connectivity index (χ0) is 31.8. The van der Waals surface area contributed by atoms with Crippen LogP contribution in [-0.4, -0.2) is 42.7 Å². The molecule has 5 rings (SSSR count). The molecule has 0 saturated heterocycles. The van der Waals surface area contributed by atoms with Crippen molar-refractivity contribution in [2.45, 2.75) is 33.0 Å². The standard InChI is InChI=1S/C32H30F3N3O5S/c1-6-37(7-2)30(40)27-18(3)36-31-38(28(27)23-16-21(41-4)11-14-25(23)42-5)29(39)26(44-31)17-22-12-13-24(43-22)19-9-8-10-20(15-19)32(33,34)35/h8-17,28H,6-7H2,1-5H3/b26-17+/t28-/m0/s1. The number of aromatic nitrogens is 1. The average molecular weight is 626 g/mol. The summed E-state index contributed by atoms with van der Waals surface area (Å²) < 4.78 is 58.4. The SMILES string of the molecule is CCN(CC)C(=O)C1=C(C)N=c2s/c(=C/c3ccc(-c4cccc(C(F)(F)F)c4)o3)c(=O)n2[C@H]1c1cc(OC)ccc1OC. The van der Waals surface area contributed by atoms with Crippen LogP contribution in [-0.2, 0) is 11.0 Å². The van der Waals surface area contributed by atoms with E-state index in [-0.39, 0.29) is 27.5 Å². The summed E-state index contributed by atoms with van der Waals surface area (Å²) in [5.41, 5.74) is 0.395. The van der Waals surface area contributed by atoms with Crippen molar-refractivity contribution in [1.82, 2.24) is 9.47 Å². The van der Waals surface area contributed by atoms with Gasteiger partial charge in [-0.3, -0.25) is 14.2 Å². The Kier molecular flexibility index (Phi) is 8.55. The maximum absolute atomic E-state index is 14.1. The summed E-state index contributed by atoms with van der Waals surface area (Å²) in [6, 6.07) is 12.3. The first-order valence-corrected chi connectivity index (χ1v) is 14.6. The molecule has 0 bridgehead atoms. The quantitative estimate of drug-likeness (QED) is 0.262. The maximum atomic E-state index is 14.1. The van der Waals surface area contributed by atoms with Gasteiger partial charge in [-0.15, -0.1) is 0 Å². The summed E-state index contributed by atoms with van der Waals surface area (Å²) >= 11 is 1.12. The molecule has 0 N–H and O–H groups in total. The predicted octanol–water partition coefficient (Wildman–Crippen LogP) is 5.40. The number of hydrogen-bond donors (Lipinski definition) is 0. The monoisotopic (exact) mass is 625 g/mol. The molecule has 12 heteroatoms. The molecule has 1 amide bonds. The summed E-state index contributed by atoms with van der Waals surface area (Å²) in [7, 11) is 3.04. The van der Waals surface area contributed by atoms with E-state index < -0.39 is 23.3 Å². The largest absolute Gasteiger partial charge is 0.497 e. The Morgan fingerprint density at radius 1 is 1.09 bits per heavy atom. The summed E-state index contributed by atoms with van der Waals surface area (Å²) in [5, 5.41) is 0. The van der Waals surface area contributed by atoms with Gasteiger partial charge in [0.2, 0.25) is 0 Å². The van der Waals surface area contributed by atoms with E-state index in [2.05, 4.69) is 4.99 Å². The number of fused-ring (bicyclic) bond motifs is 1. The van der Waals surface area contributed by atoms with E-state index >= 15 is 0 Å².